The molecule has 2 heterocycles. The Hall–Kier alpha value is -1.03. The van der Waals surface area contributed by atoms with Gasteiger partial charge in [-0.05, 0) is 0 Å². The number of nitrogens with one attached hydrogen (secondary N) is 1. The molecule has 0 aromatic carbocycles. The summed E-state index contributed by atoms with van der Waals surface area (Å²) in [4.78, 5) is 4.25. The molecule has 0 aromatic rings. The molecule has 2 rings (SSSR count). The molecule has 1 fully saturated rings. The van der Waals surface area contributed by atoms with Crippen molar-refractivity contribution in [2.45, 2.75) is 6.92 Å². The number of hydrogen-bond acceptors (Lipinski definition) is 4. The van der Waals surface area contributed by atoms with Crippen LogP contribution in [0.15, 0.2) is 16.9 Å². The second-order valence-corrected chi connectivity index (χ2v) is 3.04. The third-order valence-corrected chi connectivity index (χ3v) is 2.01. The third-order valence-electron chi connectivity index (χ3n) is 2.01. The van der Waals surface area contributed by atoms with Gasteiger partial charge < -0.3 is 5.73 Å². The first-order valence-corrected chi connectivity index (χ1v) is 3.80. The molecule has 0 aliphatic carbocycles. The van der Waals surface area contributed by atoms with E-state index in [1.165, 1.54) is 0 Å². The summed E-state index contributed by atoms with van der Waals surface area (Å²) in [6.45, 7) is 3.89. The Morgan fingerprint density at radius 2 is 2.64 bits per heavy atom. The van der Waals surface area contributed by atoms with Crippen LogP contribution in [0.5, 0.6) is 0 Å². The van der Waals surface area contributed by atoms with Crippen LogP contribution in [0.2, 0.25) is 0 Å². The van der Waals surface area contributed by atoms with Crippen LogP contribution in [-0.4, -0.2) is 23.9 Å². The van der Waals surface area contributed by atoms with Gasteiger partial charge in [0.2, 0.25) is 0 Å². The highest BCUT2D eigenvalue weighted by Gasteiger charge is 2.27. The van der Waals surface area contributed by atoms with Crippen molar-refractivity contribution < 1.29 is 0 Å². The van der Waals surface area contributed by atoms with E-state index in [1.807, 2.05) is 5.01 Å². The summed E-state index contributed by atoms with van der Waals surface area (Å²) in [5.74, 6) is 1.62. The summed E-state index contributed by atoms with van der Waals surface area (Å²) in [5.41, 5.74) is 9.64. The molecule has 0 bridgehead atoms. The molecule has 0 spiro atoms. The summed E-state index contributed by atoms with van der Waals surface area (Å²) in [6, 6.07) is 0. The molecule has 0 saturated carbocycles. The lowest BCUT2D eigenvalue weighted by Crippen LogP contribution is -2.39. The van der Waals surface area contributed by atoms with Crippen molar-refractivity contribution in [3.63, 3.8) is 0 Å². The first-order chi connectivity index (χ1) is 5.27. The number of rotatable bonds is 0. The molecule has 2 aliphatic heterocycles. The lowest BCUT2D eigenvalue weighted by molar-refractivity contribution is 0.368. The highest BCUT2D eigenvalue weighted by atomic mass is 15.6. The zero-order chi connectivity index (χ0) is 7.84. The Morgan fingerprint density at radius 1 is 1.82 bits per heavy atom. The Balaban J connectivity index is 2.25. The summed E-state index contributed by atoms with van der Waals surface area (Å²) in [7, 11) is 0. The Kier molecular flexibility index (Phi) is 1.35. The highest BCUT2D eigenvalue weighted by molar-refractivity contribution is 5.87. The number of aliphatic imine (C=N–C) groups is 1. The molecule has 0 aromatic heterocycles. The van der Waals surface area contributed by atoms with E-state index < -0.39 is 0 Å². The van der Waals surface area contributed by atoms with Crippen molar-refractivity contribution in [2.24, 2.45) is 16.6 Å². The highest BCUT2D eigenvalue weighted by Crippen LogP contribution is 2.14. The molecule has 4 nitrogen and oxygen atoms in total. The monoisotopic (exact) mass is 152 g/mol. The van der Waals surface area contributed by atoms with E-state index in [2.05, 4.69) is 17.3 Å². The van der Waals surface area contributed by atoms with Crippen LogP contribution < -0.4 is 11.2 Å². The van der Waals surface area contributed by atoms with Gasteiger partial charge in [-0.15, -0.1) is 0 Å². The zero-order valence-electron chi connectivity index (χ0n) is 6.54. The van der Waals surface area contributed by atoms with E-state index in [9.17, 15) is 0 Å². The Morgan fingerprint density at radius 3 is 3.45 bits per heavy atom. The molecule has 1 atom stereocenters. The molecule has 3 N–H and O–H groups in total. The first-order valence-electron chi connectivity index (χ1n) is 3.80. The standard InChI is InChI=1S/C7H12N4/c1-5-2-10-11-4-6(8)3-9-7(5)11/h3,5,10H,2,4,8H2,1H3/t5-/m1/s1. The number of amidine groups is 1. The van der Waals surface area contributed by atoms with E-state index in [0.717, 1.165) is 24.6 Å². The summed E-state index contributed by atoms with van der Waals surface area (Å²) in [5, 5.41) is 2.01. The molecule has 1 saturated heterocycles. The van der Waals surface area contributed by atoms with Gasteiger partial charge in [-0.25, -0.2) is 10.4 Å². The minimum atomic E-state index is 0.513. The molecular formula is C7H12N4. The van der Waals surface area contributed by atoms with Crippen molar-refractivity contribution in [3.8, 4) is 0 Å². The maximum atomic E-state index is 5.61. The van der Waals surface area contributed by atoms with Gasteiger partial charge >= 0.3 is 0 Å². The average molecular weight is 152 g/mol. The van der Waals surface area contributed by atoms with Crippen molar-refractivity contribution >= 4 is 5.84 Å². The quantitative estimate of drug-likeness (QED) is 0.499. The predicted molar refractivity (Wildman–Crippen MR) is 43.6 cm³/mol. The fraction of sp³-hybridized carbons (Fsp3) is 0.571. The van der Waals surface area contributed by atoms with E-state index >= 15 is 0 Å². The molecule has 2 aliphatic rings. The van der Waals surface area contributed by atoms with Gasteiger partial charge in [-0.2, -0.15) is 0 Å². The maximum absolute atomic E-state index is 5.61. The molecule has 4 heteroatoms. The molecule has 0 radical (unpaired) electrons. The first kappa shape index (κ1) is 6.67. The predicted octanol–water partition coefficient (Wildman–Crippen LogP) is -0.345. The number of nitrogens with zero attached hydrogens (tertiary/aromatic N) is 2. The second kappa shape index (κ2) is 2.23. The summed E-state index contributed by atoms with van der Waals surface area (Å²) in [6.07, 6.45) is 1.75. The molecular weight excluding hydrogens is 140 g/mol. The van der Waals surface area contributed by atoms with Gasteiger partial charge in [0.05, 0.1) is 6.54 Å². The fourth-order valence-electron chi connectivity index (χ4n) is 1.39. The SMILES string of the molecule is C[C@@H]1CNN2CC(N)=CN=C12. The van der Waals surface area contributed by atoms with E-state index in [0.29, 0.717) is 5.92 Å². The van der Waals surface area contributed by atoms with Crippen molar-refractivity contribution in [2.75, 3.05) is 13.1 Å². The van der Waals surface area contributed by atoms with Crippen molar-refractivity contribution in [1.29, 1.82) is 0 Å². The molecule has 0 unspecified atom stereocenters. The second-order valence-electron chi connectivity index (χ2n) is 3.04. The minimum Gasteiger partial charge on any atom is -0.399 e. The third kappa shape index (κ3) is 0.991. The molecule has 11 heavy (non-hydrogen) atoms. The summed E-state index contributed by atoms with van der Waals surface area (Å²) < 4.78 is 0. The van der Waals surface area contributed by atoms with Crippen LogP contribution in [0.25, 0.3) is 0 Å². The van der Waals surface area contributed by atoms with Crippen LogP contribution in [0.3, 0.4) is 0 Å². The number of nitrogens with two attached hydrogens (primary N) is 1. The maximum Gasteiger partial charge on any atom is 0.123 e. The van der Waals surface area contributed by atoms with E-state index in [1.54, 1.807) is 6.20 Å². The van der Waals surface area contributed by atoms with E-state index in [-0.39, 0.29) is 0 Å². The largest absolute Gasteiger partial charge is 0.399 e. The minimum absolute atomic E-state index is 0.513. The van der Waals surface area contributed by atoms with Crippen LogP contribution in [-0.2, 0) is 0 Å². The van der Waals surface area contributed by atoms with Gasteiger partial charge in [0.15, 0.2) is 0 Å². The van der Waals surface area contributed by atoms with Crippen LogP contribution in [0, 0.1) is 5.92 Å². The van der Waals surface area contributed by atoms with Crippen molar-refractivity contribution in [3.05, 3.63) is 11.9 Å². The van der Waals surface area contributed by atoms with Gasteiger partial charge in [-0.1, -0.05) is 6.92 Å². The lowest BCUT2D eigenvalue weighted by Gasteiger charge is -2.22. The fourth-order valence-corrected chi connectivity index (χ4v) is 1.39. The van der Waals surface area contributed by atoms with Crippen molar-refractivity contribution in [1.82, 2.24) is 10.4 Å². The number of hydrazine groups is 1. The number of hydrogen-bond donors (Lipinski definition) is 2. The van der Waals surface area contributed by atoms with Crippen LogP contribution >= 0.6 is 0 Å². The normalized spacial score (nSPS) is 29.5. The molecule has 0 amide bonds. The topological polar surface area (TPSA) is 53.6 Å². The van der Waals surface area contributed by atoms with Crippen LogP contribution in [0.4, 0.5) is 0 Å². The van der Waals surface area contributed by atoms with Crippen LogP contribution in [0.1, 0.15) is 6.92 Å². The van der Waals surface area contributed by atoms with Gasteiger partial charge in [-0.3, -0.25) is 5.01 Å². The van der Waals surface area contributed by atoms with Gasteiger partial charge in [0.1, 0.15) is 5.84 Å². The average Bonchev–Trinajstić information content (AvgIpc) is 2.32. The molecule has 60 valence electrons. The van der Waals surface area contributed by atoms with Gasteiger partial charge in [0, 0.05) is 24.4 Å². The van der Waals surface area contributed by atoms with E-state index in [4.69, 9.17) is 5.73 Å². The zero-order valence-corrected chi connectivity index (χ0v) is 6.54. The lowest BCUT2D eigenvalue weighted by atomic mass is 10.2. The Bertz CT molecular complexity index is 231. The number of fused-ring (bicyclic) bond motifs is 1. The summed E-state index contributed by atoms with van der Waals surface area (Å²) >= 11 is 0. The van der Waals surface area contributed by atoms with Gasteiger partial charge in [0.25, 0.3) is 0 Å². The Labute approximate surface area is 65.7 Å². The smallest absolute Gasteiger partial charge is 0.123 e.